The Labute approximate surface area is 185 Å². The Bertz CT molecular complexity index is 1190. The van der Waals surface area contributed by atoms with Gasteiger partial charge in [0.1, 0.15) is 11.5 Å². The van der Waals surface area contributed by atoms with Gasteiger partial charge < -0.3 is 19.5 Å². The molecular weight excluding hydrogens is 408 g/mol. The Hall–Kier alpha value is -4.13. The van der Waals surface area contributed by atoms with E-state index in [1.165, 1.54) is 19.1 Å². The van der Waals surface area contributed by atoms with E-state index in [1.807, 2.05) is 12.1 Å². The summed E-state index contributed by atoms with van der Waals surface area (Å²) < 4.78 is 10.7. The highest BCUT2D eigenvalue weighted by molar-refractivity contribution is 6.46. The number of nitrogens with one attached hydrogen (secondary N) is 1. The Kier molecular flexibility index (Phi) is 5.89. The fourth-order valence-corrected chi connectivity index (χ4v) is 3.89. The topological polar surface area (TPSA) is 93.0 Å². The van der Waals surface area contributed by atoms with E-state index in [0.717, 1.165) is 5.56 Å². The first-order chi connectivity index (χ1) is 15.5. The van der Waals surface area contributed by atoms with Crippen LogP contribution < -0.4 is 19.6 Å². The summed E-state index contributed by atoms with van der Waals surface area (Å²) in [6.45, 7) is 0.152. The molecule has 1 fully saturated rings. The van der Waals surface area contributed by atoms with Crippen LogP contribution in [0.1, 0.15) is 22.7 Å². The Morgan fingerprint density at radius 3 is 2.56 bits per heavy atom. The van der Waals surface area contributed by atoms with Gasteiger partial charge in [-0.25, -0.2) is 4.98 Å². The van der Waals surface area contributed by atoms with Gasteiger partial charge in [-0.05, 0) is 29.8 Å². The smallest absolute Gasteiger partial charge is 0.295 e. The van der Waals surface area contributed by atoms with Crippen molar-refractivity contribution in [3.05, 3.63) is 95.3 Å². The normalized spacial score (nSPS) is 17.4. The van der Waals surface area contributed by atoms with Gasteiger partial charge in [0.25, 0.3) is 5.91 Å². The van der Waals surface area contributed by atoms with Crippen molar-refractivity contribution < 1.29 is 29.2 Å². The molecule has 0 radical (unpaired) electrons. The predicted octanol–water partition coefficient (Wildman–Crippen LogP) is 1.94. The van der Waals surface area contributed by atoms with Crippen LogP contribution in [0.25, 0.3) is 5.76 Å². The Morgan fingerprint density at radius 1 is 1.03 bits per heavy atom. The van der Waals surface area contributed by atoms with Crippen LogP contribution in [0.4, 0.5) is 0 Å². The van der Waals surface area contributed by atoms with Gasteiger partial charge in [-0.1, -0.05) is 36.1 Å². The number of Topliss-reactive ketones (excluding diaryl/α,β-unsaturated/α-hetero) is 1. The monoisotopic (exact) mass is 430 g/mol. The largest absolute Gasteiger partial charge is 0.872 e. The lowest BCUT2D eigenvalue weighted by Gasteiger charge is -2.28. The predicted molar refractivity (Wildman–Crippen MR) is 114 cm³/mol. The number of aromatic nitrogens is 1. The molecule has 2 heterocycles. The molecule has 1 aliphatic rings. The molecular formula is C25H22N2O5. The number of methoxy groups -OCH3 is 2. The van der Waals surface area contributed by atoms with Crippen molar-refractivity contribution in [1.82, 2.24) is 4.90 Å². The van der Waals surface area contributed by atoms with Gasteiger partial charge in [-0.15, -0.1) is 0 Å². The van der Waals surface area contributed by atoms with Crippen LogP contribution in [0, 0.1) is 0 Å². The summed E-state index contributed by atoms with van der Waals surface area (Å²) in [5, 5.41) is 13.5. The highest BCUT2D eigenvalue weighted by Crippen LogP contribution is 2.42. The third-order valence-electron chi connectivity index (χ3n) is 5.42. The lowest BCUT2D eigenvalue weighted by atomic mass is 9.94. The molecule has 1 amide bonds. The summed E-state index contributed by atoms with van der Waals surface area (Å²) in [6, 6.07) is 16.4. The first-order valence-electron chi connectivity index (χ1n) is 10.0. The van der Waals surface area contributed by atoms with E-state index in [9.17, 15) is 14.7 Å². The van der Waals surface area contributed by atoms with Crippen LogP contribution in [-0.4, -0.2) is 30.8 Å². The van der Waals surface area contributed by atoms with Crippen molar-refractivity contribution in [3.8, 4) is 11.5 Å². The second-order valence-corrected chi connectivity index (χ2v) is 7.29. The number of ketones is 1. The van der Waals surface area contributed by atoms with E-state index in [-0.39, 0.29) is 17.7 Å². The van der Waals surface area contributed by atoms with Crippen LogP contribution in [0.15, 0.2) is 78.6 Å². The van der Waals surface area contributed by atoms with Crippen LogP contribution in [-0.2, 0) is 16.1 Å². The van der Waals surface area contributed by atoms with Crippen LogP contribution >= 0.6 is 0 Å². The number of hydrogen-bond donors (Lipinski definition) is 0. The van der Waals surface area contributed by atoms with Crippen LogP contribution in [0.2, 0.25) is 0 Å². The van der Waals surface area contributed by atoms with Crippen molar-refractivity contribution in [3.63, 3.8) is 0 Å². The molecule has 1 aromatic heterocycles. The quantitative estimate of drug-likeness (QED) is 0.339. The molecule has 0 saturated carbocycles. The summed E-state index contributed by atoms with van der Waals surface area (Å²) in [5.41, 5.74) is 1.53. The summed E-state index contributed by atoms with van der Waals surface area (Å²) in [4.78, 5) is 30.6. The number of pyridine rings is 1. The van der Waals surface area contributed by atoms with Gasteiger partial charge in [0.2, 0.25) is 5.78 Å². The maximum absolute atomic E-state index is 13.5. The van der Waals surface area contributed by atoms with E-state index in [0.29, 0.717) is 17.1 Å². The van der Waals surface area contributed by atoms with Gasteiger partial charge >= 0.3 is 0 Å². The molecule has 0 bridgehead atoms. The number of carbonyl (C=O) groups is 2. The molecule has 162 valence electrons. The molecule has 1 atom stereocenters. The average molecular weight is 430 g/mol. The van der Waals surface area contributed by atoms with E-state index < -0.39 is 23.5 Å². The molecule has 1 N–H and O–H groups in total. The fraction of sp³-hybridized carbons (Fsp3) is 0.160. The maximum atomic E-state index is 13.5. The van der Waals surface area contributed by atoms with Crippen molar-refractivity contribution in [2.45, 2.75) is 12.6 Å². The molecule has 7 heteroatoms. The molecule has 32 heavy (non-hydrogen) atoms. The fourth-order valence-electron chi connectivity index (χ4n) is 3.89. The number of hydrogen-bond acceptors (Lipinski definition) is 5. The zero-order chi connectivity index (χ0) is 22.7. The molecule has 7 nitrogen and oxygen atoms in total. The minimum atomic E-state index is -0.884. The molecule has 2 aromatic carbocycles. The molecule has 0 spiro atoms. The maximum Gasteiger partial charge on any atom is 0.295 e. The lowest BCUT2D eigenvalue weighted by molar-refractivity contribution is -0.378. The van der Waals surface area contributed by atoms with E-state index in [2.05, 4.69) is 4.98 Å². The summed E-state index contributed by atoms with van der Waals surface area (Å²) in [7, 11) is 3.01. The third-order valence-corrected chi connectivity index (χ3v) is 5.42. The molecule has 0 aliphatic carbocycles. The summed E-state index contributed by atoms with van der Waals surface area (Å²) in [6.07, 6.45) is 3.50. The number of benzene rings is 2. The van der Waals surface area contributed by atoms with Gasteiger partial charge in [0, 0.05) is 22.8 Å². The van der Waals surface area contributed by atoms with Gasteiger partial charge in [0.05, 0.1) is 26.8 Å². The Morgan fingerprint density at radius 2 is 1.84 bits per heavy atom. The molecule has 4 rings (SSSR count). The highest BCUT2D eigenvalue weighted by Gasteiger charge is 2.45. The second kappa shape index (κ2) is 8.93. The Balaban J connectivity index is 1.90. The first-order valence-corrected chi connectivity index (χ1v) is 10.0. The minimum absolute atomic E-state index is 0.104. The summed E-state index contributed by atoms with van der Waals surface area (Å²) >= 11 is 0. The van der Waals surface area contributed by atoms with Crippen LogP contribution in [0.3, 0.4) is 0 Å². The number of ether oxygens (including phenoxy) is 2. The second-order valence-electron chi connectivity index (χ2n) is 7.29. The van der Waals surface area contributed by atoms with Gasteiger partial charge in [0.15, 0.2) is 12.4 Å². The van der Waals surface area contributed by atoms with E-state index in [1.54, 1.807) is 60.9 Å². The third kappa shape index (κ3) is 3.80. The van der Waals surface area contributed by atoms with Crippen molar-refractivity contribution in [1.29, 1.82) is 0 Å². The first kappa shape index (κ1) is 21.1. The number of rotatable bonds is 6. The minimum Gasteiger partial charge on any atom is -0.872 e. The van der Waals surface area contributed by atoms with Gasteiger partial charge in [-0.2, -0.15) is 0 Å². The van der Waals surface area contributed by atoms with Gasteiger partial charge in [-0.3, -0.25) is 9.59 Å². The number of nitrogens with zero attached hydrogens (tertiary/aromatic N) is 1. The highest BCUT2D eigenvalue weighted by atomic mass is 16.5. The zero-order valence-corrected chi connectivity index (χ0v) is 17.7. The number of aromatic amines is 1. The van der Waals surface area contributed by atoms with Crippen molar-refractivity contribution in [2.75, 3.05) is 14.2 Å². The van der Waals surface area contributed by atoms with Crippen LogP contribution in [0.5, 0.6) is 11.5 Å². The number of para-hydroxylation sites is 1. The zero-order valence-electron chi connectivity index (χ0n) is 17.7. The standard InChI is InChI=1S/C25H22N2O5/c1-31-18-9-5-8-17(13-18)23(28)21-22(19-10-3-4-11-20(19)32-2)27(25(30)24(21)29)15-16-7-6-12-26-14-16/h3-14,22,28H,15H2,1-2H3/b23-21+. The molecule has 1 aliphatic heterocycles. The molecule has 1 saturated heterocycles. The molecule has 1 unspecified atom stereocenters. The number of H-pyrrole nitrogens is 1. The number of carbonyl (C=O) groups excluding carboxylic acids is 2. The van der Waals surface area contributed by atoms with Crippen molar-refractivity contribution in [2.24, 2.45) is 0 Å². The summed E-state index contributed by atoms with van der Waals surface area (Å²) in [5.74, 6) is -1.08. The average Bonchev–Trinajstić information content (AvgIpc) is 3.09. The number of likely N-dealkylation sites (tertiary alicyclic amines) is 1. The lowest BCUT2D eigenvalue weighted by Crippen LogP contribution is -2.29. The van der Waals surface area contributed by atoms with E-state index >= 15 is 0 Å². The SMILES string of the molecule is COc1cccc(/C([O-])=C2\C(=O)C(=O)N(Cc3ccc[nH+]c3)C2c2ccccc2OC)c1. The van der Waals surface area contributed by atoms with E-state index in [4.69, 9.17) is 9.47 Å². The molecule has 3 aromatic rings. The number of amides is 1. The van der Waals surface area contributed by atoms with Crippen molar-refractivity contribution >= 4 is 17.4 Å².